The van der Waals surface area contributed by atoms with Crippen molar-refractivity contribution in [2.45, 2.75) is 6.42 Å². The lowest BCUT2D eigenvalue weighted by Crippen LogP contribution is -2.04. The molecule has 0 radical (unpaired) electrons. The Labute approximate surface area is 82.5 Å². The largest absolute Gasteiger partial charge is 0.496 e. The molecule has 1 aromatic carbocycles. The maximum absolute atomic E-state index is 5.52. The molecule has 1 heterocycles. The number of hydrogen-bond donors (Lipinski definition) is 1. The summed E-state index contributed by atoms with van der Waals surface area (Å²) >= 11 is 0. The van der Waals surface area contributed by atoms with Gasteiger partial charge in [0.15, 0.2) is 0 Å². The summed E-state index contributed by atoms with van der Waals surface area (Å²) in [5.41, 5.74) is 7.50. The van der Waals surface area contributed by atoms with Crippen LogP contribution in [0.4, 0.5) is 0 Å². The first-order chi connectivity index (χ1) is 6.86. The maximum atomic E-state index is 5.52. The molecule has 1 aromatic heterocycles. The van der Waals surface area contributed by atoms with E-state index in [-0.39, 0.29) is 0 Å². The van der Waals surface area contributed by atoms with E-state index in [4.69, 9.17) is 14.9 Å². The lowest BCUT2D eigenvalue weighted by atomic mass is 10.1. The number of hydrogen-bond acceptors (Lipinski definition) is 3. The minimum atomic E-state index is 0.625. The van der Waals surface area contributed by atoms with Gasteiger partial charge in [-0.05, 0) is 30.7 Å². The van der Waals surface area contributed by atoms with Crippen LogP contribution in [0.1, 0.15) is 5.56 Å². The minimum absolute atomic E-state index is 0.625. The highest BCUT2D eigenvalue weighted by atomic mass is 16.5. The first-order valence-corrected chi connectivity index (χ1v) is 4.60. The normalized spacial score (nSPS) is 10.7. The van der Waals surface area contributed by atoms with Crippen LogP contribution in [0.2, 0.25) is 0 Å². The van der Waals surface area contributed by atoms with Crippen molar-refractivity contribution in [2.24, 2.45) is 5.73 Å². The highest BCUT2D eigenvalue weighted by molar-refractivity contribution is 5.85. The fourth-order valence-corrected chi connectivity index (χ4v) is 1.66. The molecule has 0 spiro atoms. The molecule has 3 heteroatoms. The molecule has 0 fully saturated rings. The first-order valence-electron chi connectivity index (χ1n) is 4.60. The van der Waals surface area contributed by atoms with E-state index in [2.05, 4.69) is 0 Å². The molecule has 0 unspecified atom stereocenters. The Hall–Kier alpha value is -1.48. The van der Waals surface area contributed by atoms with Crippen LogP contribution < -0.4 is 10.5 Å². The Morgan fingerprint density at radius 1 is 1.36 bits per heavy atom. The van der Waals surface area contributed by atoms with Gasteiger partial charge in [0.25, 0.3) is 0 Å². The summed E-state index contributed by atoms with van der Waals surface area (Å²) in [6, 6.07) is 5.86. The number of nitrogens with two attached hydrogens (primary N) is 1. The third kappa shape index (κ3) is 1.36. The van der Waals surface area contributed by atoms with Gasteiger partial charge >= 0.3 is 0 Å². The van der Waals surface area contributed by atoms with E-state index in [9.17, 15) is 0 Å². The average Bonchev–Trinajstić information content (AvgIpc) is 2.66. The molecule has 0 saturated carbocycles. The summed E-state index contributed by atoms with van der Waals surface area (Å²) in [5.74, 6) is 0.877. The van der Waals surface area contributed by atoms with Crippen LogP contribution in [0.15, 0.2) is 28.9 Å². The number of rotatable bonds is 3. The zero-order valence-corrected chi connectivity index (χ0v) is 8.12. The van der Waals surface area contributed by atoms with E-state index in [1.54, 1.807) is 13.4 Å². The summed E-state index contributed by atoms with van der Waals surface area (Å²) in [6.45, 7) is 0.625. The van der Waals surface area contributed by atoms with E-state index in [0.717, 1.165) is 28.7 Å². The fraction of sp³-hybridized carbons (Fsp3) is 0.273. The highest BCUT2D eigenvalue weighted by Gasteiger charge is 2.08. The molecule has 2 N–H and O–H groups in total. The fourth-order valence-electron chi connectivity index (χ4n) is 1.66. The first kappa shape index (κ1) is 9.09. The third-order valence-electron chi connectivity index (χ3n) is 2.29. The Morgan fingerprint density at radius 2 is 2.21 bits per heavy atom. The van der Waals surface area contributed by atoms with Gasteiger partial charge in [-0.25, -0.2) is 0 Å². The number of methoxy groups -OCH3 is 1. The maximum Gasteiger partial charge on any atom is 0.137 e. The van der Waals surface area contributed by atoms with Crippen LogP contribution in [0.3, 0.4) is 0 Å². The Bertz CT molecular complexity index is 434. The minimum Gasteiger partial charge on any atom is -0.496 e. The second kappa shape index (κ2) is 3.72. The van der Waals surface area contributed by atoms with Gasteiger partial charge in [0.05, 0.1) is 18.8 Å². The molecule has 2 aromatic rings. The van der Waals surface area contributed by atoms with Crippen LogP contribution in [-0.2, 0) is 6.42 Å². The van der Waals surface area contributed by atoms with Crippen molar-refractivity contribution in [3.8, 4) is 5.75 Å². The van der Waals surface area contributed by atoms with Crippen molar-refractivity contribution in [2.75, 3.05) is 13.7 Å². The monoisotopic (exact) mass is 191 g/mol. The Kier molecular flexibility index (Phi) is 2.41. The van der Waals surface area contributed by atoms with Gasteiger partial charge < -0.3 is 14.9 Å². The average molecular weight is 191 g/mol. The van der Waals surface area contributed by atoms with E-state index < -0.39 is 0 Å². The molecule has 0 aliphatic carbocycles. The van der Waals surface area contributed by atoms with Crippen LogP contribution >= 0.6 is 0 Å². The van der Waals surface area contributed by atoms with Gasteiger partial charge in [0.2, 0.25) is 0 Å². The molecule has 0 amide bonds. The lowest BCUT2D eigenvalue weighted by molar-refractivity contribution is 0.414. The van der Waals surface area contributed by atoms with Crippen LogP contribution in [0.5, 0.6) is 5.75 Å². The molecule has 2 rings (SSSR count). The summed E-state index contributed by atoms with van der Waals surface area (Å²) < 4.78 is 10.6. The van der Waals surface area contributed by atoms with Crippen molar-refractivity contribution in [1.82, 2.24) is 0 Å². The third-order valence-corrected chi connectivity index (χ3v) is 2.29. The van der Waals surface area contributed by atoms with Gasteiger partial charge in [-0.2, -0.15) is 0 Å². The molecule has 0 saturated heterocycles. The zero-order chi connectivity index (χ0) is 9.97. The highest BCUT2D eigenvalue weighted by Crippen LogP contribution is 2.30. The van der Waals surface area contributed by atoms with E-state index in [0.29, 0.717) is 6.54 Å². The molecule has 14 heavy (non-hydrogen) atoms. The van der Waals surface area contributed by atoms with E-state index in [1.807, 2.05) is 18.2 Å². The second-order valence-electron chi connectivity index (χ2n) is 3.13. The molecule has 0 atom stereocenters. The van der Waals surface area contributed by atoms with E-state index >= 15 is 0 Å². The summed E-state index contributed by atoms with van der Waals surface area (Å²) in [7, 11) is 1.67. The van der Waals surface area contributed by atoms with Crippen LogP contribution in [0.25, 0.3) is 11.0 Å². The Balaban J connectivity index is 2.60. The van der Waals surface area contributed by atoms with Crippen LogP contribution in [-0.4, -0.2) is 13.7 Å². The van der Waals surface area contributed by atoms with Gasteiger partial charge in [0, 0.05) is 0 Å². The number of benzene rings is 1. The molecule has 0 bridgehead atoms. The predicted molar refractivity (Wildman–Crippen MR) is 55.5 cm³/mol. The quantitative estimate of drug-likeness (QED) is 0.806. The second-order valence-corrected chi connectivity index (χ2v) is 3.13. The van der Waals surface area contributed by atoms with Crippen molar-refractivity contribution in [3.05, 3.63) is 30.0 Å². The molecule has 0 aliphatic heterocycles. The van der Waals surface area contributed by atoms with Crippen molar-refractivity contribution in [1.29, 1.82) is 0 Å². The van der Waals surface area contributed by atoms with Gasteiger partial charge in [-0.3, -0.25) is 0 Å². The van der Waals surface area contributed by atoms with E-state index in [1.165, 1.54) is 0 Å². The molecule has 3 nitrogen and oxygen atoms in total. The molecule has 0 aliphatic rings. The van der Waals surface area contributed by atoms with Gasteiger partial charge in [-0.15, -0.1) is 0 Å². The summed E-state index contributed by atoms with van der Waals surface area (Å²) in [5, 5.41) is 1.01. The molecular formula is C11H13NO2. The van der Waals surface area contributed by atoms with Gasteiger partial charge in [-0.1, -0.05) is 6.07 Å². The standard InChI is InChI=1S/C11H13NO2/c1-13-11-8(4-6-12)2-3-10-9(11)5-7-14-10/h2-3,5,7H,4,6,12H2,1H3. The Morgan fingerprint density at radius 3 is 2.93 bits per heavy atom. The SMILES string of the molecule is COc1c(CCN)ccc2occc12. The van der Waals surface area contributed by atoms with Crippen LogP contribution in [0, 0.1) is 0 Å². The molecular weight excluding hydrogens is 178 g/mol. The summed E-state index contributed by atoms with van der Waals surface area (Å²) in [6.07, 6.45) is 2.49. The predicted octanol–water partition coefficient (Wildman–Crippen LogP) is 1.94. The van der Waals surface area contributed by atoms with Crippen molar-refractivity contribution in [3.63, 3.8) is 0 Å². The number of fused-ring (bicyclic) bond motifs is 1. The molecule has 74 valence electrons. The van der Waals surface area contributed by atoms with Crippen molar-refractivity contribution >= 4 is 11.0 Å². The lowest BCUT2D eigenvalue weighted by Gasteiger charge is -2.07. The van der Waals surface area contributed by atoms with Gasteiger partial charge in [0.1, 0.15) is 11.3 Å². The zero-order valence-electron chi connectivity index (χ0n) is 8.12. The topological polar surface area (TPSA) is 48.4 Å². The number of ether oxygens (including phenoxy) is 1. The van der Waals surface area contributed by atoms with Crippen molar-refractivity contribution < 1.29 is 9.15 Å². The summed E-state index contributed by atoms with van der Waals surface area (Å²) in [4.78, 5) is 0. The number of furan rings is 1. The smallest absolute Gasteiger partial charge is 0.137 e.